The van der Waals surface area contributed by atoms with Crippen molar-refractivity contribution >= 4 is 28.7 Å². The Morgan fingerprint density at radius 2 is 2.11 bits per heavy atom. The van der Waals surface area contributed by atoms with E-state index in [1.807, 2.05) is 0 Å². The summed E-state index contributed by atoms with van der Waals surface area (Å²) < 4.78 is 0. The van der Waals surface area contributed by atoms with Crippen molar-refractivity contribution in [2.24, 2.45) is 4.99 Å². The number of aliphatic imine (C=N–C) groups is 1. The Morgan fingerprint density at radius 3 is 3.06 bits per heavy atom. The van der Waals surface area contributed by atoms with Crippen molar-refractivity contribution in [3.8, 4) is 0 Å². The molecule has 1 aromatic rings. The summed E-state index contributed by atoms with van der Waals surface area (Å²) in [4.78, 5) is 10.5. The summed E-state index contributed by atoms with van der Waals surface area (Å²) in [6.07, 6.45) is 2.41. The van der Waals surface area contributed by atoms with E-state index in [-0.39, 0.29) is 0 Å². The third kappa shape index (κ3) is 1.29. The second kappa shape index (κ2) is 3.79. The first kappa shape index (κ1) is 10.5. The second-order valence-corrected chi connectivity index (χ2v) is 5.45. The molecule has 3 nitrogen and oxygen atoms in total. The molecule has 1 saturated heterocycles. The molecule has 0 bridgehead atoms. The molecule has 3 aliphatic rings. The first-order valence-corrected chi connectivity index (χ1v) is 6.99. The molecular formula is C14H15N3S. The monoisotopic (exact) mass is 257 g/mol. The van der Waals surface area contributed by atoms with Crippen molar-refractivity contribution < 1.29 is 0 Å². The number of hydrogen-bond donors (Lipinski definition) is 0. The van der Waals surface area contributed by atoms with Crippen molar-refractivity contribution in [1.82, 2.24) is 4.90 Å². The molecule has 92 valence electrons. The molecule has 4 rings (SSSR count). The first-order valence-electron chi connectivity index (χ1n) is 6.58. The van der Waals surface area contributed by atoms with Gasteiger partial charge in [0.2, 0.25) is 0 Å². The highest BCUT2D eigenvalue weighted by atomic mass is 32.1. The molecule has 0 unspecified atom stereocenters. The number of benzene rings is 1. The molecular weight excluding hydrogens is 242 g/mol. The van der Waals surface area contributed by atoms with E-state index in [0.717, 1.165) is 24.6 Å². The maximum absolute atomic E-state index is 5.71. The van der Waals surface area contributed by atoms with Crippen LogP contribution in [-0.4, -0.2) is 41.4 Å². The van der Waals surface area contributed by atoms with Crippen molar-refractivity contribution in [3.05, 3.63) is 29.8 Å². The van der Waals surface area contributed by atoms with Gasteiger partial charge in [0.25, 0.3) is 0 Å². The number of hydrogen-bond acceptors (Lipinski definition) is 3. The maximum Gasteiger partial charge on any atom is 0.127 e. The van der Waals surface area contributed by atoms with Gasteiger partial charge >= 0.3 is 0 Å². The highest BCUT2D eigenvalue weighted by Crippen LogP contribution is 2.34. The molecule has 0 aromatic heterocycles. The topological polar surface area (TPSA) is 18.8 Å². The minimum absolute atomic E-state index is 0.410. The number of rotatable bonds is 0. The van der Waals surface area contributed by atoms with E-state index in [9.17, 15) is 0 Å². The van der Waals surface area contributed by atoms with Crippen LogP contribution in [0.3, 0.4) is 0 Å². The largest absolute Gasteiger partial charge is 0.352 e. The van der Waals surface area contributed by atoms with Gasteiger partial charge in [-0.25, -0.2) is 0 Å². The summed E-state index contributed by atoms with van der Waals surface area (Å²) in [6.45, 7) is 2.99. The Hall–Kier alpha value is -1.42. The van der Waals surface area contributed by atoms with Gasteiger partial charge in [-0.15, -0.1) is 0 Å². The maximum atomic E-state index is 5.71. The predicted octanol–water partition coefficient (Wildman–Crippen LogP) is 2.06. The molecule has 0 N–H and O–H groups in total. The number of anilines is 1. The SMILES string of the molecule is S=C1c2ccccc2N2CCN=C2[C@@H]2CCCN12. The van der Waals surface area contributed by atoms with E-state index in [0.29, 0.717) is 6.04 Å². The van der Waals surface area contributed by atoms with Gasteiger partial charge in [0, 0.05) is 18.7 Å². The number of nitrogens with zero attached hydrogens (tertiary/aromatic N) is 3. The van der Waals surface area contributed by atoms with Crippen LogP contribution >= 0.6 is 12.2 Å². The van der Waals surface area contributed by atoms with Crippen molar-refractivity contribution in [2.45, 2.75) is 18.9 Å². The lowest BCUT2D eigenvalue weighted by atomic mass is 10.1. The van der Waals surface area contributed by atoms with Gasteiger partial charge in [-0.3, -0.25) is 4.99 Å². The van der Waals surface area contributed by atoms with Crippen molar-refractivity contribution in [3.63, 3.8) is 0 Å². The summed E-state index contributed by atoms with van der Waals surface area (Å²) in [5, 5.41) is 0. The van der Waals surface area contributed by atoms with Gasteiger partial charge in [0.15, 0.2) is 0 Å². The Kier molecular flexibility index (Phi) is 2.21. The molecule has 18 heavy (non-hydrogen) atoms. The van der Waals surface area contributed by atoms with E-state index >= 15 is 0 Å². The fourth-order valence-electron chi connectivity index (χ4n) is 3.32. The van der Waals surface area contributed by atoms with Gasteiger partial charge in [-0.05, 0) is 25.0 Å². The van der Waals surface area contributed by atoms with Gasteiger partial charge in [0.05, 0.1) is 18.3 Å². The fourth-order valence-corrected chi connectivity index (χ4v) is 3.71. The lowest BCUT2D eigenvalue weighted by Crippen LogP contribution is -2.42. The van der Waals surface area contributed by atoms with E-state index in [1.165, 1.54) is 29.9 Å². The molecule has 0 spiro atoms. The fraction of sp³-hybridized carbons (Fsp3) is 0.429. The molecule has 1 fully saturated rings. The quantitative estimate of drug-likeness (QED) is 0.663. The van der Waals surface area contributed by atoms with Crippen LogP contribution in [0.4, 0.5) is 5.69 Å². The standard InChI is InChI=1S/C14H15N3S/c18-14-10-4-1-2-5-11(10)16-9-7-15-13(16)12-6-3-8-17(12)14/h1-2,4-5,12H,3,6-9H2/t12-/m0/s1. The van der Waals surface area contributed by atoms with Gasteiger partial charge < -0.3 is 9.80 Å². The number of fused-ring (bicyclic) bond motifs is 5. The first-order chi connectivity index (χ1) is 8.86. The molecule has 4 heteroatoms. The Morgan fingerprint density at radius 1 is 1.22 bits per heavy atom. The molecule has 0 radical (unpaired) electrons. The summed E-state index contributed by atoms with van der Waals surface area (Å²) in [5.74, 6) is 1.24. The highest BCUT2D eigenvalue weighted by molar-refractivity contribution is 7.80. The number of amidine groups is 1. The number of para-hydroxylation sites is 1. The molecule has 0 aliphatic carbocycles. The smallest absolute Gasteiger partial charge is 0.127 e. The lowest BCUT2D eigenvalue weighted by molar-refractivity contribution is 0.476. The van der Waals surface area contributed by atoms with Crippen LogP contribution in [0.25, 0.3) is 0 Å². The Labute approximate surface area is 112 Å². The van der Waals surface area contributed by atoms with E-state index in [1.54, 1.807) is 0 Å². The average molecular weight is 257 g/mol. The third-order valence-electron chi connectivity index (χ3n) is 4.11. The third-order valence-corrected chi connectivity index (χ3v) is 4.57. The molecule has 3 heterocycles. The van der Waals surface area contributed by atoms with Crippen molar-refractivity contribution in [1.29, 1.82) is 0 Å². The Bertz CT molecular complexity index is 552. The Balaban J connectivity index is 1.93. The van der Waals surface area contributed by atoms with E-state index in [2.05, 4.69) is 34.1 Å². The summed E-state index contributed by atoms with van der Waals surface area (Å²) in [7, 11) is 0. The van der Waals surface area contributed by atoms with Gasteiger partial charge in [-0.1, -0.05) is 24.4 Å². The second-order valence-electron chi connectivity index (χ2n) is 5.07. The zero-order valence-corrected chi connectivity index (χ0v) is 11.0. The van der Waals surface area contributed by atoms with Gasteiger partial charge in [-0.2, -0.15) is 0 Å². The predicted molar refractivity (Wildman–Crippen MR) is 77.5 cm³/mol. The van der Waals surface area contributed by atoms with Crippen LogP contribution < -0.4 is 4.90 Å². The van der Waals surface area contributed by atoms with E-state index in [4.69, 9.17) is 17.2 Å². The number of thiocarbonyl (C=S) groups is 1. The van der Waals surface area contributed by atoms with Crippen LogP contribution in [0, 0.1) is 0 Å². The molecule has 3 aliphatic heterocycles. The zero-order valence-electron chi connectivity index (χ0n) is 10.2. The van der Waals surface area contributed by atoms with Crippen LogP contribution in [0.2, 0.25) is 0 Å². The normalized spacial score (nSPS) is 25.4. The zero-order chi connectivity index (χ0) is 12.1. The molecule has 0 amide bonds. The molecule has 0 saturated carbocycles. The summed E-state index contributed by atoms with van der Waals surface area (Å²) in [6, 6.07) is 8.90. The van der Waals surface area contributed by atoms with Crippen LogP contribution in [-0.2, 0) is 0 Å². The van der Waals surface area contributed by atoms with Crippen molar-refractivity contribution in [2.75, 3.05) is 24.5 Å². The van der Waals surface area contributed by atoms with Crippen LogP contribution in [0.15, 0.2) is 29.3 Å². The molecule has 1 aromatic carbocycles. The highest BCUT2D eigenvalue weighted by Gasteiger charge is 2.39. The van der Waals surface area contributed by atoms with Gasteiger partial charge in [0.1, 0.15) is 10.8 Å². The van der Waals surface area contributed by atoms with E-state index < -0.39 is 0 Å². The van der Waals surface area contributed by atoms with Crippen LogP contribution in [0.1, 0.15) is 18.4 Å². The lowest BCUT2D eigenvalue weighted by Gasteiger charge is -2.26. The minimum atomic E-state index is 0.410. The summed E-state index contributed by atoms with van der Waals surface area (Å²) >= 11 is 5.71. The average Bonchev–Trinajstić information content (AvgIpc) is 3.04. The minimum Gasteiger partial charge on any atom is -0.352 e. The van der Waals surface area contributed by atoms with Crippen LogP contribution in [0.5, 0.6) is 0 Å². The summed E-state index contributed by atoms with van der Waals surface area (Å²) in [5.41, 5.74) is 2.44. The molecule has 1 atom stereocenters.